The van der Waals surface area contributed by atoms with Crippen molar-refractivity contribution in [1.82, 2.24) is 31.5 Å². The lowest BCUT2D eigenvalue weighted by Crippen LogP contribution is -2.52. The second kappa shape index (κ2) is 33.6. The fourth-order valence-corrected chi connectivity index (χ4v) is 4.21. The molecule has 0 spiro atoms. The summed E-state index contributed by atoms with van der Waals surface area (Å²) in [6.45, 7) is 10.4. The van der Waals surface area contributed by atoms with Gasteiger partial charge in [-0.2, -0.15) is 4.91 Å². The molecule has 3 atom stereocenters. The molecule has 290 valence electrons. The lowest BCUT2D eigenvalue weighted by Gasteiger charge is -2.23. The van der Waals surface area contributed by atoms with E-state index < -0.39 is 35.9 Å². The molecule has 2 rings (SSSR count). The molecular weight excluding hydrogens is 662 g/mol. The lowest BCUT2D eigenvalue weighted by atomic mass is 10.1. The zero-order valence-electron chi connectivity index (χ0n) is 31.5. The summed E-state index contributed by atoms with van der Waals surface area (Å²) in [6, 6.07) is 8.31. The number of nitroso groups, excluding NO2 is 1. The van der Waals surface area contributed by atoms with Crippen LogP contribution in [-0.4, -0.2) is 112 Å². The zero-order valence-corrected chi connectivity index (χ0v) is 31.5. The molecule has 0 bridgehead atoms. The number of unbranched alkanes of at least 4 members (excludes halogenated alkanes) is 1. The molecule has 1 aromatic carbocycles. The van der Waals surface area contributed by atoms with Crippen LogP contribution in [0.1, 0.15) is 72.3 Å². The Labute approximate surface area is 302 Å². The van der Waals surface area contributed by atoms with E-state index in [1.807, 2.05) is 27.0 Å². The van der Waals surface area contributed by atoms with E-state index in [2.05, 4.69) is 73.4 Å². The molecule has 0 saturated carbocycles. The van der Waals surface area contributed by atoms with Crippen molar-refractivity contribution in [1.29, 1.82) is 5.41 Å². The van der Waals surface area contributed by atoms with Gasteiger partial charge in [0.1, 0.15) is 18.1 Å². The number of methoxy groups -OCH3 is 1. The number of nitrogens with zero attached hydrogens (tertiary/aromatic N) is 2. The SMILES string of the molecule is CC(C)NC(=O)CCCCc1ccccc1.CCCNC.CN=O.COC(=O)[C@H](C)N1CC[C@@H](NC(=O)[C@H](C)NC(=O)CNC=O)C1=O.N=CN. The van der Waals surface area contributed by atoms with Gasteiger partial charge >= 0.3 is 5.97 Å². The van der Waals surface area contributed by atoms with Gasteiger partial charge in [-0.3, -0.25) is 29.4 Å². The van der Waals surface area contributed by atoms with Gasteiger partial charge in [-0.15, -0.1) is 0 Å². The first kappa shape index (κ1) is 50.4. The van der Waals surface area contributed by atoms with Crippen LogP contribution in [0.4, 0.5) is 0 Å². The van der Waals surface area contributed by atoms with Crippen LogP contribution in [-0.2, 0) is 39.9 Å². The molecule has 1 heterocycles. The van der Waals surface area contributed by atoms with Gasteiger partial charge in [-0.25, -0.2) is 4.79 Å². The largest absolute Gasteiger partial charge is 0.467 e. The van der Waals surface area contributed by atoms with Crippen LogP contribution < -0.4 is 32.3 Å². The van der Waals surface area contributed by atoms with Crippen LogP contribution >= 0.6 is 0 Å². The third-order valence-electron chi connectivity index (χ3n) is 6.59. The number of rotatable bonds is 16. The van der Waals surface area contributed by atoms with Gasteiger partial charge in [-0.1, -0.05) is 42.4 Å². The highest BCUT2D eigenvalue weighted by atomic mass is 16.5. The van der Waals surface area contributed by atoms with Gasteiger partial charge in [0.05, 0.1) is 27.0 Å². The van der Waals surface area contributed by atoms with Crippen molar-refractivity contribution in [2.45, 2.75) is 97.3 Å². The van der Waals surface area contributed by atoms with E-state index in [1.165, 1.54) is 38.0 Å². The van der Waals surface area contributed by atoms with Crippen LogP contribution in [0, 0.1) is 10.3 Å². The number of ether oxygens (including phenoxy) is 1. The quantitative estimate of drug-likeness (QED) is 0.0318. The number of hydrogen-bond acceptors (Lipinski definition) is 11. The maximum absolute atomic E-state index is 12.3. The molecular formula is C34H61N9O8. The number of amides is 5. The summed E-state index contributed by atoms with van der Waals surface area (Å²) >= 11 is 0. The van der Waals surface area contributed by atoms with Gasteiger partial charge in [0.2, 0.25) is 30.0 Å². The van der Waals surface area contributed by atoms with Crippen molar-refractivity contribution in [2.75, 3.05) is 40.8 Å². The summed E-state index contributed by atoms with van der Waals surface area (Å²) in [5, 5.41) is 21.1. The molecule has 1 aliphatic heterocycles. The molecule has 1 aromatic rings. The molecule has 17 nitrogen and oxygen atoms in total. The van der Waals surface area contributed by atoms with Gasteiger partial charge in [0, 0.05) is 19.0 Å². The van der Waals surface area contributed by atoms with Crippen molar-refractivity contribution >= 4 is 42.3 Å². The Kier molecular flexibility index (Phi) is 33.2. The van der Waals surface area contributed by atoms with E-state index in [-0.39, 0.29) is 24.4 Å². The highest BCUT2D eigenvalue weighted by Crippen LogP contribution is 2.15. The number of likely N-dealkylation sites (tertiary alicyclic amines) is 1. The summed E-state index contributed by atoms with van der Waals surface area (Å²) in [6.07, 6.45) is 6.47. The van der Waals surface area contributed by atoms with Crippen molar-refractivity contribution in [3.8, 4) is 0 Å². The Bertz CT molecular complexity index is 1130. The number of hydrogen-bond donors (Lipinski definition) is 7. The predicted molar refractivity (Wildman–Crippen MR) is 198 cm³/mol. The van der Waals surface area contributed by atoms with E-state index >= 15 is 0 Å². The first-order valence-corrected chi connectivity index (χ1v) is 16.8. The maximum atomic E-state index is 12.3. The van der Waals surface area contributed by atoms with Crippen molar-refractivity contribution in [3.63, 3.8) is 0 Å². The summed E-state index contributed by atoms with van der Waals surface area (Å²) < 4.78 is 4.60. The van der Waals surface area contributed by atoms with E-state index in [0.29, 0.717) is 25.8 Å². The Balaban J connectivity index is -0.000000728. The van der Waals surface area contributed by atoms with Gasteiger partial charge < -0.3 is 42.0 Å². The Hall–Kier alpha value is -4.93. The number of aryl methyl sites for hydroxylation is 1. The Morgan fingerprint density at radius 3 is 2.14 bits per heavy atom. The number of nitrogens with two attached hydrogens (primary N) is 1. The molecule has 8 N–H and O–H groups in total. The summed E-state index contributed by atoms with van der Waals surface area (Å²) in [7, 11) is 4.39. The summed E-state index contributed by atoms with van der Waals surface area (Å²) in [5.41, 5.74) is 5.74. The number of carbonyl (C=O) groups excluding carboxylic acids is 6. The van der Waals surface area contributed by atoms with Gasteiger partial charge in [0.25, 0.3) is 0 Å². The van der Waals surface area contributed by atoms with Crippen LogP contribution in [0.25, 0.3) is 0 Å². The first-order chi connectivity index (χ1) is 24.2. The normalized spacial score (nSPS) is 13.6. The second-order valence-electron chi connectivity index (χ2n) is 11.2. The van der Waals surface area contributed by atoms with Crippen molar-refractivity contribution < 1.29 is 33.5 Å². The molecule has 17 heteroatoms. The smallest absolute Gasteiger partial charge is 0.328 e. The maximum Gasteiger partial charge on any atom is 0.328 e. The molecule has 1 fully saturated rings. The minimum Gasteiger partial charge on any atom is -0.467 e. The van der Waals surface area contributed by atoms with Crippen molar-refractivity contribution in [2.24, 2.45) is 10.9 Å². The molecule has 51 heavy (non-hydrogen) atoms. The number of esters is 1. The standard InChI is InChI=1S/C14H22N4O6.C14H21NO.C4H11N.CH4N2.CH3NO/c1-8(16-11(20)6-15-7-19)12(21)17-10-4-5-18(13(10)22)9(2)14(23)24-3;1-12(2)15-14(16)11-7-6-10-13-8-4-3-5-9-13;1-3-4-5-2;2-1-3;1-2-3/h7-10H,4-6H2,1-3H3,(H,15,19)(H,16,20)(H,17,21);3-5,8-9,12H,6-7,10-11H2,1-2H3,(H,15,16);5H,3-4H2,1-2H3;1H,(H3,2,3);1H3/t8-,9-,10+;;;;/m0..../s1. The van der Waals surface area contributed by atoms with E-state index in [0.717, 1.165) is 32.1 Å². The summed E-state index contributed by atoms with van der Waals surface area (Å²) in [5.74, 6) is -1.78. The van der Waals surface area contributed by atoms with Gasteiger partial charge in [-0.05, 0) is 79.0 Å². The predicted octanol–water partition coefficient (Wildman–Crippen LogP) is 0.990. The van der Waals surface area contributed by atoms with Crippen LogP contribution in [0.2, 0.25) is 0 Å². The monoisotopic (exact) mass is 723 g/mol. The number of nitrogens with one attached hydrogen (secondary N) is 6. The topological polar surface area (TPSA) is 254 Å². The fourth-order valence-electron chi connectivity index (χ4n) is 4.21. The molecule has 1 aliphatic rings. The minimum absolute atomic E-state index is 0.170. The number of carbonyl (C=O) groups is 6. The summed E-state index contributed by atoms with van der Waals surface area (Å²) in [4.78, 5) is 78.6. The van der Waals surface area contributed by atoms with E-state index in [1.54, 1.807) is 6.92 Å². The molecule has 1 saturated heterocycles. The zero-order chi connectivity index (χ0) is 39.6. The van der Waals surface area contributed by atoms with Crippen LogP contribution in [0.5, 0.6) is 0 Å². The molecule has 0 radical (unpaired) electrons. The van der Waals surface area contributed by atoms with Crippen LogP contribution in [0.15, 0.2) is 35.5 Å². The third kappa shape index (κ3) is 27.6. The van der Waals surface area contributed by atoms with Gasteiger partial charge in [0.15, 0.2) is 0 Å². The minimum atomic E-state index is -0.870. The van der Waals surface area contributed by atoms with E-state index in [9.17, 15) is 28.8 Å². The Morgan fingerprint density at radius 2 is 1.67 bits per heavy atom. The average Bonchev–Trinajstić information content (AvgIpc) is 3.45. The fraction of sp³-hybridized carbons (Fsp3) is 0.618. The highest BCUT2D eigenvalue weighted by Gasteiger charge is 2.38. The number of benzene rings is 1. The third-order valence-corrected chi connectivity index (χ3v) is 6.59. The highest BCUT2D eigenvalue weighted by molar-refractivity contribution is 5.94. The molecule has 0 aliphatic carbocycles. The second-order valence-corrected chi connectivity index (χ2v) is 11.2. The van der Waals surface area contributed by atoms with Crippen molar-refractivity contribution in [3.05, 3.63) is 40.8 Å². The molecule has 5 amide bonds. The van der Waals surface area contributed by atoms with Crippen LogP contribution in [0.3, 0.4) is 0 Å². The average molecular weight is 724 g/mol. The van der Waals surface area contributed by atoms with E-state index in [4.69, 9.17) is 10.3 Å². The lowest BCUT2D eigenvalue weighted by molar-refractivity contribution is -0.150. The molecule has 0 aromatic heterocycles. The Morgan fingerprint density at radius 1 is 1.08 bits per heavy atom. The first-order valence-electron chi connectivity index (χ1n) is 16.8. The molecule has 0 unspecified atom stereocenters.